The third-order valence-electron chi connectivity index (χ3n) is 2.29. The van der Waals surface area contributed by atoms with Gasteiger partial charge in [0, 0.05) is 0 Å². The van der Waals surface area contributed by atoms with Crippen LogP contribution in [-0.2, 0) is 0 Å². The summed E-state index contributed by atoms with van der Waals surface area (Å²) in [4.78, 5) is 0. The van der Waals surface area contributed by atoms with Gasteiger partial charge in [0.15, 0.2) is 0 Å². The maximum Gasteiger partial charge on any atom is 0.0663 e. The predicted molar refractivity (Wildman–Crippen MR) is 63.2 cm³/mol. The average molecular weight is 193 g/mol. The van der Waals surface area contributed by atoms with Gasteiger partial charge >= 0.3 is 0 Å². The fourth-order valence-corrected chi connectivity index (χ4v) is 1.56. The summed E-state index contributed by atoms with van der Waals surface area (Å²) in [5, 5.41) is 10.9. The summed E-state index contributed by atoms with van der Waals surface area (Å²) in [6.45, 7) is 0. The summed E-state index contributed by atoms with van der Waals surface area (Å²) in [6, 6.07) is 16.6. The maximum atomic E-state index is 8.41. The van der Waals surface area contributed by atoms with Crippen LogP contribution in [-0.4, -0.2) is 0 Å². The summed E-state index contributed by atoms with van der Waals surface area (Å²) in [5.74, 6) is 0. The third-order valence-corrected chi connectivity index (χ3v) is 2.29. The van der Waals surface area contributed by atoms with Crippen molar-refractivity contribution in [3.63, 3.8) is 0 Å². The van der Waals surface area contributed by atoms with E-state index in [-0.39, 0.29) is 0 Å². The van der Waals surface area contributed by atoms with Crippen molar-refractivity contribution >= 4 is 16.8 Å². The smallest absolute Gasteiger partial charge is 0.0663 e. The SMILES string of the molecule is N#CCC=Cc1ccc2ccccc2c1. The second-order valence-corrected chi connectivity index (χ2v) is 3.37. The molecule has 2 aromatic carbocycles. The molecular weight excluding hydrogens is 182 g/mol. The molecule has 72 valence electrons. The Labute approximate surface area is 89.3 Å². The van der Waals surface area contributed by atoms with Crippen LogP contribution in [0.1, 0.15) is 12.0 Å². The molecule has 0 aromatic heterocycles. The Morgan fingerprint density at radius 2 is 1.87 bits per heavy atom. The number of nitrogens with zero attached hydrogens (tertiary/aromatic N) is 1. The van der Waals surface area contributed by atoms with E-state index in [1.807, 2.05) is 24.3 Å². The predicted octanol–water partition coefficient (Wildman–Crippen LogP) is 3.77. The molecule has 2 aromatic rings. The summed E-state index contributed by atoms with van der Waals surface area (Å²) < 4.78 is 0. The molecule has 15 heavy (non-hydrogen) atoms. The zero-order chi connectivity index (χ0) is 10.5. The molecule has 0 fully saturated rings. The van der Waals surface area contributed by atoms with Crippen LogP contribution in [0.2, 0.25) is 0 Å². The molecular formula is C14H11N. The van der Waals surface area contributed by atoms with E-state index in [1.54, 1.807) is 0 Å². The molecule has 0 aliphatic carbocycles. The topological polar surface area (TPSA) is 23.8 Å². The van der Waals surface area contributed by atoms with Gasteiger partial charge in [0.05, 0.1) is 12.5 Å². The molecule has 0 bridgehead atoms. The second-order valence-electron chi connectivity index (χ2n) is 3.37. The molecule has 2 rings (SSSR count). The summed E-state index contributed by atoms with van der Waals surface area (Å²) >= 11 is 0. The first-order valence-corrected chi connectivity index (χ1v) is 4.92. The van der Waals surface area contributed by atoms with E-state index in [2.05, 4.69) is 36.4 Å². The van der Waals surface area contributed by atoms with E-state index >= 15 is 0 Å². The highest BCUT2D eigenvalue weighted by Gasteiger charge is 1.92. The summed E-state index contributed by atoms with van der Waals surface area (Å²) in [5.41, 5.74) is 1.14. The lowest BCUT2D eigenvalue weighted by atomic mass is 10.1. The number of hydrogen-bond donors (Lipinski definition) is 0. The fourth-order valence-electron chi connectivity index (χ4n) is 1.56. The van der Waals surface area contributed by atoms with Gasteiger partial charge in [0.25, 0.3) is 0 Å². The van der Waals surface area contributed by atoms with Crippen molar-refractivity contribution in [3.05, 3.63) is 54.1 Å². The molecule has 0 unspecified atom stereocenters. The van der Waals surface area contributed by atoms with Crippen molar-refractivity contribution in [2.45, 2.75) is 6.42 Å². The Balaban J connectivity index is 2.35. The molecule has 0 spiro atoms. The lowest BCUT2D eigenvalue weighted by Crippen LogP contribution is -1.74. The number of benzene rings is 2. The summed E-state index contributed by atoms with van der Waals surface area (Å²) in [7, 11) is 0. The van der Waals surface area contributed by atoms with Gasteiger partial charge in [0.1, 0.15) is 0 Å². The van der Waals surface area contributed by atoms with Gasteiger partial charge in [-0.3, -0.25) is 0 Å². The first kappa shape index (κ1) is 9.48. The number of nitriles is 1. The zero-order valence-electron chi connectivity index (χ0n) is 8.35. The van der Waals surface area contributed by atoms with Gasteiger partial charge in [-0.05, 0) is 22.4 Å². The van der Waals surface area contributed by atoms with E-state index in [0.29, 0.717) is 6.42 Å². The largest absolute Gasteiger partial charge is 0.198 e. The lowest BCUT2D eigenvalue weighted by Gasteiger charge is -1.98. The molecule has 0 heterocycles. The van der Waals surface area contributed by atoms with E-state index in [9.17, 15) is 0 Å². The Morgan fingerprint density at radius 3 is 2.67 bits per heavy atom. The minimum Gasteiger partial charge on any atom is -0.198 e. The summed E-state index contributed by atoms with van der Waals surface area (Å²) in [6.07, 6.45) is 4.33. The Bertz CT molecular complexity index is 532. The molecule has 0 aliphatic heterocycles. The lowest BCUT2D eigenvalue weighted by molar-refractivity contribution is 1.36. The van der Waals surface area contributed by atoms with Crippen LogP contribution in [0.25, 0.3) is 16.8 Å². The highest BCUT2D eigenvalue weighted by Crippen LogP contribution is 2.16. The average Bonchev–Trinajstić information content (AvgIpc) is 2.29. The van der Waals surface area contributed by atoms with Crippen molar-refractivity contribution in [1.29, 1.82) is 5.26 Å². The molecule has 1 nitrogen and oxygen atoms in total. The first-order chi connectivity index (χ1) is 7.40. The second kappa shape index (κ2) is 4.43. The van der Waals surface area contributed by atoms with Crippen LogP contribution in [0.5, 0.6) is 0 Å². The van der Waals surface area contributed by atoms with Gasteiger partial charge < -0.3 is 0 Å². The Hall–Kier alpha value is -2.07. The Kier molecular flexibility index (Phi) is 2.80. The van der Waals surface area contributed by atoms with Crippen molar-refractivity contribution < 1.29 is 0 Å². The number of hydrogen-bond acceptors (Lipinski definition) is 1. The van der Waals surface area contributed by atoms with E-state index in [1.165, 1.54) is 10.8 Å². The molecule has 0 radical (unpaired) electrons. The highest BCUT2D eigenvalue weighted by atomic mass is 14.2. The van der Waals surface area contributed by atoms with Gasteiger partial charge in [-0.2, -0.15) is 5.26 Å². The van der Waals surface area contributed by atoms with E-state index in [4.69, 9.17) is 5.26 Å². The standard InChI is InChI=1S/C14H11N/c15-10-4-3-5-12-8-9-13-6-1-2-7-14(13)11-12/h1-3,5-9,11H,4H2. The number of rotatable bonds is 2. The maximum absolute atomic E-state index is 8.41. The Morgan fingerprint density at radius 1 is 1.07 bits per heavy atom. The number of fused-ring (bicyclic) bond motifs is 1. The minimum atomic E-state index is 0.465. The molecule has 0 saturated heterocycles. The van der Waals surface area contributed by atoms with Crippen LogP contribution < -0.4 is 0 Å². The molecule has 0 amide bonds. The van der Waals surface area contributed by atoms with Crippen molar-refractivity contribution in [3.8, 4) is 6.07 Å². The van der Waals surface area contributed by atoms with Crippen molar-refractivity contribution in [2.75, 3.05) is 0 Å². The molecule has 1 heteroatoms. The van der Waals surface area contributed by atoms with Crippen LogP contribution in [0.3, 0.4) is 0 Å². The quantitative estimate of drug-likeness (QED) is 0.712. The van der Waals surface area contributed by atoms with E-state index in [0.717, 1.165) is 5.56 Å². The van der Waals surface area contributed by atoms with E-state index < -0.39 is 0 Å². The van der Waals surface area contributed by atoms with Gasteiger partial charge in [-0.25, -0.2) is 0 Å². The monoisotopic (exact) mass is 193 g/mol. The van der Waals surface area contributed by atoms with Crippen LogP contribution in [0, 0.1) is 11.3 Å². The minimum absolute atomic E-state index is 0.465. The zero-order valence-corrected chi connectivity index (χ0v) is 8.35. The first-order valence-electron chi connectivity index (χ1n) is 4.92. The van der Waals surface area contributed by atoms with Crippen molar-refractivity contribution in [2.24, 2.45) is 0 Å². The van der Waals surface area contributed by atoms with Gasteiger partial charge in [-0.1, -0.05) is 48.6 Å². The molecule has 0 atom stereocenters. The fraction of sp³-hybridized carbons (Fsp3) is 0.0714. The highest BCUT2D eigenvalue weighted by molar-refractivity contribution is 5.84. The molecule has 0 N–H and O–H groups in total. The van der Waals surface area contributed by atoms with Crippen molar-refractivity contribution in [1.82, 2.24) is 0 Å². The van der Waals surface area contributed by atoms with Gasteiger partial charge in [-0.15, -0.1) is 0 Å². The van der Waals surface area contributed by atoms with Crippen LogP contribution >= 0.6 is 0 Å². The molecule has 0 saturated carbocycles. The van der Waals surface area contributed by atoms with Gasteiger partial charge in [0.2, 0.25) is 0 Å². The number of allylic oxidation sites excluding steroid dienone is 1. The normalized spacial score (nSPS) is 10.6. The van der Waals surface area contributed by atoms with Crippen LogP contribution in [0.4, 0.5) is 0 Å². The molecule has 0 aliphatic rings. The van der Waals surface area contributed by atoms with Crippen LogP contribution in [0.15, 0.2) is 48.5 Å². The third kappa shape index (κ3) is 2.24.